The lowest BCUT2D eigenvalue weighted by atomic mass is 9.98. The Kier molecular flexibility index (Phi) is 10.7. The van der Waals surface area contributed by atoms with Crippen LogP contribution in [0, 0.1) is 0 Å². The topological polar surface area (TPSA) is 27.7 Å². The highest BCUT2D eigenvalue weighted by Crippen LogP contribution is 2.50. The molecule has 0 aromatic heterocycles. The van der Waals surface area contributed by atoms with Gasteiger partial charge in [0.1, 0.15) is 8.07 Å². The van der Waals surface area contributed by atoms with E-state index in [-0.39, 0.29) is 22.1 Å². The molecular weight excluding hydrogens is 449 g/mol. The second-order valence-corrected chi connectivity index (χ2v) is 29.6. The van der Waals surface area contributed by atoms with Gasteiger partial charge in [0.2, 0.25) is 16.6 Å². The second kappa shape index (κ2) is 10.7. The highest BCUT2D eigenvalue weighted by molar-refractivity contribution is 6.84. The van der Waals surface area contributed by atoms with Gasteiger partial charge in [0.15, 0.2) is 8.32 Å². The highest BCUT2D eigenvalue weighted by Gasteiger charge is 2.54. The van der Waals surface area contributed by atoms with Gasteiger partial charge in [-0.25, -0.2) is 0 Å². The first-order chi connectivity index (χ1) is 13.7. The van der Waals surface area contributed by atoms with Crippen molar-refractivity contribution in [3.8, 4) is 0 Å². The Morgan fingerprint density at radius 2 is 1.29 bits per heavy atom. The van der Waals surface area contributed by atoms with Crippen molar-refractivity contribution >= 4 is 33.0 Å². The molecule has 184 valence electrons. The molecule has 0 aliphatic heterocycles. The SMILES string of the molecule is C=C[Si](C)(C)OC(C)(C)[Si](C)(C)OC(CC)C(C)(CC)[Si](C)(C)OC(C)[Si](C)(C)C=C. The van der Waals surface area contributed by atoms with E-state index in [0.29, 0.717) is 0 Å². The Labute approximate surface area is 199 Å². The van der Waals surface area contributed by atoms with Gasteiger partial charge in [-0.15, -0.1) is 13.2 Å². The Bertz CT molecular complexity index is 614. The monoisotopic (exact) mass is 502 g/mol. The standard InChI is InChI=1S/C24H54O3Si4/c1-17-22(26-30(13,14)23(6,7)27-29(11,12)20-4)24(8,18-2)31(15,16)25-21(5)28(9,10)19-3/h19-22H,3-4,17-18H2,1-2,5-16H3. The number of hydrogen-bond donors (Lipinski definition) is 0. The molecule has 0 aliphatic carbocycles. The van der Waals surface area contributed by atoms with E-state index in [1.165, 1.54) is 0 Å². The van der Waals surface area contributed by atoms with Crippen LogP contribution in [0.25, 0.3) is 0 Å². The fourth-order valence-corrected chi connectivity index (χ4v) is 14.1. The summed E-state index contributed by atoms with van der Waals surface area (Å²) in [7, 11) is -7.85. The van der Waals surface area contributed by atoms with Crippen LogP contribution in [-0.2, 0) is 13.3 Å². The van der Waals surface area contributed by atoms with Crippen LogP contribution in [0.2, 0.25) is 57.4 Å². The van der Waals surface area contributed by atoms with Crippen molar-refractivity contribution in [1.82, 2.24) is 0 Å². The molecule has 0 amide bonds. The molecule has 0 N–H and O–H groups in total. The van der Waals surface area contributed by atoms with E-state index in [9.17, 15) is 0 Å². The fraction of sp³-hybridized carbons (Fsp3) is 0.833. The molecule has 0 fully saturated rings. The van der Waals surface area contributed by atoms with Crippen LogP contribution < -0.4 is 0 Å². The van der Waals surface area contributed by atoms with E-state index in [2.05, 4.69) is 113 Å². The molecule has 31 heavy (non-hydrogen) atoms. The highest BCUT2D eigenvalue weighted by atomic mass is 28.4. The van der Waals surface area contributed by atoms with Gasteiger partial charge in [0.05, 0.1) is 11.3 Å². The van der Waals surface area contributed by atoms with E-state index in [1.54, 1.807) is 0 Å². The normalized spacial score (nSPS) is 18.3. The molecule has 3 nitrogen and oxygen atoms in total. The summed E-state index contributed by atoms with van der Waals surface area (Å²) in [5.41, 5.74) is 4.42. The van der Waals surface area contributed by atoms with Crippen LogP contribution in [0.1, 0.15) is 54.4 Å². The Morgan fingerprint density at radius 3 is 1.65 bits per heavy atom. The molecular formula is C24H54O3Si4. The first-order valence-electron chi connectivity index (χ1n) is 12.0. The predicted molar refractivity (Wildman–Crippen MR) is 150 cm³/mol. The summed E-state index contributed by atoms with van der Waals surface area (Å²) in [4.78, 5) is 0. The largest absolute Gasteiger partial charge is 0.417 e. The summed E-state index contributed by atoms with van der Waals surface area (Å²) in [6.07, 6.45) is 2.18. The fourth-order valence-electron chi connectivity index (χ4n) is 3.92. The molecule has 0 radical (unpaired) electrons. The maximum atomic E-state index is 7.13. The minimum absolute atomic E-state index is 0.00733. The van der Waals surface area contributed by atoms with Gasteiger partial charge < -0.3 is 13.3 Å². The van der Waals surface area contributed by atoms with E-state index in [1.807, 2.05) is 5.70 Å². The summed E-state index contributed by atoms with van der Waals surface area (Å²) < 4.78 is 20.8. The van der Waals surface area contributed by atoms with Crippen molar-refractivity contribution < 1.29 is 13.3 Å². The summed E-state index contributed by atoms with van der Waals surface area (Å²) in [6, 6.07) is 0. The second-order valence-electron chi connectivity index (χ2n) is 12.0. The van der Waals surface area contributed by atoms with Crippen LogP contribution in [-0.4, -0.2) is 50.1 Å². The predicted octanol–water partition coefficient (Wildman–Crippen LogP) is 8.00. The van der Waals surface area contributed by atoms with E-state index in [0.717, 1.165) is 12.8 Å². The van der Waals surface area contributed by atoms with Crippen molar-refractivity contribution in [3.05, 3.63) is 24.6 Å². The molecule has 0 aromatic carbocycles. The van der Waals surface area contributed by atoms with Gasteiger partial charge in [-0.2, -0.15) is 0 Å². The summed E-state index contributed by atoms with van der Waals surface area (Å²) >= 11 is 0. The van der Waals surface area contributed by atoms with Crippen LogP contribution in [0.5, 0.6) is 0 Å². The van der Waals surface area contributed by atoms with Crippen LogP contribution >= 0.6 is 0 Å². The Hall–Kier alpha value is 0.228. The molecule has 0 saturated carbocycles. The average Bonchev–Trinajstić information content (AvgIpc) is 2.63. The molecule has 0 saturated heterocycles. The third-order valence-corrected chi connectivity index (χ3v) is 22.1. The van der Waals surface area contributed by atoms with Crippen LogP contribution in [0.3, 0.4) is 0 Å². The molecule has 0 rings (SSSR count). The maximum Gasteiger partial charge on any atom is 0.216 e. The molecule has 0 spiro atoms. The third kappa shape index (κ3) is 7.35. The first kappa shape index (κ1) is 31.2. The molecule has 0 aromatic rings. The van der Waals surface area contributed by atoms with E-state index < -0.39 is 33.0 Å². The average molecular weight is 503 g/mol. The van der Waals surface area contributed by atoms with E-state index >= 15 is 0 Å². The zero-order chi connectivity index (χ0) is 25.1. The molecule has 3 unspecified atom stereocenters. The van der Waals surface area contributed by atoms with Gasteiger partial charge >= 0.3 is 0 Å². The van der Waals surface area contributed by atoms with Crippen molar-refractivity contribution in [1.29, 1.82) is 0 Å². The first-order valence-corrected chi connectivity index (χ1v) is 24.0. The molecule has 0 bridgehead atoms. The zero-order valence-electron chi connectivity index (χ0n) is 23.4. The lowest BCUT2D eigenvalue weighted by Gasteiger charge is -2.52. The maximum absolute atomic E-state index is 7.13. The summed E-state index contributed by atoms with van der Waals surface area (Å²) in [6.45, 7) is 40.2. The lowest BCUT2D eigenvalue weighted by Crippen LogP contribution is -2.62. The Morgan fingerprint density at radius 1 is 0.806 bits per heavy atom. The van der Waals surface area contributed by atoms with Crippen molar-refractivity contribution in [2.24, 2.45) is 0 Å². The van der Waals surface area contributed by atoms with Crippen molar-refractivity contribution in [3.63, 3.8) is 0 Å². The minimum Gasteiger partial charge on any atom is -0.417 e. The lowest BCUT2D eigenvalue weighted by molar-refractivity contribution is 0.0747. The van der Waals surface area contributed by atoms with Gasteiger partial charge in [0, 0.05) is 10.8 Å². The Balaban J connectivity index is 5.98. The minimum atomic E-state index is -2.21. The van der Waals surface area contributed by atoms with Crippen LogP contribution in [0.4, 0.5) is 0 Å². The van der Waals surface area contributed by atoms with Gasteiger partial charge in [-0.1, -0.05) is 45.3 Å². The molecule has 7 heteroatoms. The number of hydrogen-bond acceptors (Lipinski definition) is 3. The van der Waals surface area contributed by atoms with Gasteiger partial charge in [-0.05, 0) is 72.9 Å². The summed E-state index contributed by atoms with van der Waals surface area (Å²) in [5.74, 6) is 0. The van der Waals surface area contributed by atoms with Gasteiger partial charge in [-0.3, -0.25) is 0 Å². The number of rotatable bonds is 14. The smallest absolute Gasteiger partial charge is 0.216 e. The van der Waals surface area contributed by atoms with Gasteiger partial charge in [0.25, 0.3) is 0 Å². The summed E-state index contributed by atoms with van der Waals surface area (Å²) in [5, 5.41) is -0.288. The van der Waals surface area contributed by atoms with Crippen molar-refractivity contribution in [2.45, 2.75) is 129 Å². The molecule has 0 heterocycles. The van der Waals surface area contributed by atoms with Crippen molar-refractivity contribution in [2.75, 3.05) is 0 Å². The molecule has 0 aliphatic rings. The third-order valence-electron chi connectivity index (χ3n) is 8.13. The van der Waals surface area contributed by atoms with Crippen LogP contribution in [0.15, 0.2) is 24.6 Å². The zero-order valence-corrected chi connectivity index (χ0v) is 27.4. The quantitative estimate of drug-likeness (QED) is 0.225. The molecule has 3 atom stereocenters. The van der Waals surface area contributed by atoms with E-state index in [4.69, 9.17) is 13.3 Å².